The smallest absolute Gasteiger partial charge is 0.354 e. The Morgan fingerprint density at radius 2 is 1.47 bits per heavy atom. The van der Waals surface area contributed by atoms with Gasteiger partial charge in [-0.1, -0.05) is 96.9 Å². The molecule has 0 radical (unpaired) electrons. The van der Waals surface area contributed by atoms with Crippen LogP contribution in [-0.2, 0) is 38.8 Å². The molecule has 248 valence electrons. The molecule has 0 spiro atoms. The molecule has 0 fully saturated rings. The average molecular weight is 707 g/mol. The Kier molecular flexibility index (Phi) is 11.9. The number of carbonyl (C=O) groups is 2. The van der Waals surface area contributed by atoms with E-state index in [0.29, 0.717) is 33.9 Å². The SMILES string of the molecule is CCCNC(=O)[C@@H](Cc1ccccc1)N(Cc1ccccc1Cl)C(=O)CN(c1cc(C(F)(F)F)ccc1Cl)S(=O)(=O)c1ccccc1. The molecule has 47 heavy (non-hydrogen) atoms. The first kappa shape index (κ1) is 35.8. The van der Waals surface area contributed by atoms with Gasteiger partial charge < -0.3 is 10.2 Å². The molecule has 0 aliphatic rings. The molecule has 1 N–H and O–H groups in total. The molecule has 0 aliphatic heterocycles. The second-order valence-electron chi connectivity index (χ2n) is 10.6. The first-order valence-corrected chi connectivity index (χ1v) is 16.8. The summed E-state index contributed by atoms with van der Waals surface area (Å²) in [5.41, 5.74) is -0.521. The number of anilines is 1. The van der Waals surface area contributed by atoms with Crippen LogP contribution in [0.2, 0.25) is 10.0 Å². The van der Waals surface area contributed by atoms with Gasteiger partial charge in [0.2, 0.25) is 11.8 Å². The van der Waals surface area contributed by atoms with E-state index in [0.717, 1.165) is 17.7 Å². The molecule has 4 rings (SSSR count). The van der Waals surface area contributed by atoms with Crippen LogP contribution >= 0.6 is 23.2 Å². The van der Waals surface area contributed by atoms with Crippen LogP contribution < -0.4 is 9.62 Å². The van der Waals surface area contributed by atoms with Gasteiger partial charge in [-0.25, -0.2) is 8.42 Å². The number of hydrogen-bond donors (Lipinski definition) is 1. The molecule has 0 unspecified atom stereocenters. The van der Waals surface area contributed by atoms with Crippen LogP contribution in [0.15, 0.2) is 108 Å². The third-order valence-corrected chi connectivity index (χ3v) is 9.73. The van der Waals surface area contributed by atoms with Gasteiger partial charge in [0.25, 0.3) is 10.0 Å². The second-order valence-corrected chi connectivity index (χ2v) is 13.3. The van der Waals surface area contributed by atoms with E-state index >= 15 is 0 Å². The molecule has 13 heteroatoms. The van der Waals surface area contributed by atoms with Gasteiger partial charge in [-0.3, -0.25) is 13.9 Å². The first-order valence-electron chi connectivity index (χ1n) is 14.6. The summed E-state index contributed by atoms with van der Waals surface area (Å²) in [6.07, 6.45) is -4.17. The zero-order chi connectivity index (χ0) is 34.2. The quantitative estimate of drug-likeness (QED) is 0.157. The highest BCUT2D eigenvalue weighted by Crippen LogP contribution is 2.37. The van der Waals surface area contributed by atoms with E-state index in [1.165, 1.54) is 29.2 Å². The summed E-state index contributed by atoms with van der Waals surface area (Å²) in [4.78, 5) is 29.1. The van der Waals surface area contributed by atoms with E-state index in [4.69, 9.17) is 23.2 Å². The number of hydrogen-bond acceptors (Lipinski definition) is 4. The van der Waals surface area contributed by atoms with E-state index in [-0.39, 0.29) is 22.9 Å². The highest BCUT2D eigenvalue weighted by Gasteiger charge is 2.37. The van der Waals surface area contributed by atoms with Crippen LogP contribution in [-0.4, -0.2) is 44.3 Å². The van der Waals surface area contributed by atoms with E-state index in [1.807, 2.05) is 6.92 Å². The van der Waals surface area contributed by atoms with Gasteiger partial charge in [0.15, 0.2) is 0 Å². The number of amides is 2. The number of nitrogens with zero attached hydrogens (tertiary/aromatic N) is 2. The van der Waals surface area contributed by atoms with Crippen molar-refractivity contribution in [1.29, 1.82) is 0 Å². The molecule has 4 aromatic carbocycles. The molecule has 0 bridgehead atoms. The lowest BCUT2D eigenvalue weighted by atomic mass is 10.0. The van der Waals surface area contributed by atoms with Gasteiger partial charge in [0.05, 0.1) is 21.2 Å². The number of rotatable bonds is 13. The third kappa shape index (κ3) is 9.06. The monoisotopic (exact) mass is 705 g/mol. The lowest BCUT2D eigenvalue weighted by Gasteiger charge is -2.34. The Morgan fingerprint density at radius 3 is 2.09 bits per heavy atom. The fourth-order valence-corrected chi connectivity index (χ4v) is 6.75. The van der Waals surface area contributed by atoms with E-state index < -0.39 is 51.9 Å². The Morgan fingerprint density at radius 1 is 0.851 bits per heavy atom. The van der Waals surface area contributed by atoms with Crippen molar-refractivity contribution in [3.05, 3.63) is 130 Å². The molecule has 0 saturated carbocycles. The minimum Gasteiger partial charge on any atom is -0.354 e. The molecular formula is C34H32Cl2F3N3O4S. The number of alkyl halides is 3. The topological polar surface area (TPSA) is 86.8 Å². The Hall–Kier alpha value is -4.06. The standard InChI is InChI=1S/C34H32Cl2F3N3O4S/c1-2-19-40-33(44)31(20-24-11-5-3-6-12-24)41(22-25-13-9-10-16-28(25)35)32(43)23-42(47(45,46)27-14-7-4-8-15-27)30-21-26(34(37,38)39)17-18-29(30)36/h3-18,21,31H,2,19-20,22-23H2,1H3,(H,40,44)/t31-/m1/s1. The Balaban J connectivity index is 1.87. The summed E-state index contributed by atoms with van der Waals surface area (Å²) in [5.74, 6) is -1.36. The van der Waals surface area contributed by atoms with E-state index in [9.17, 15) is 31.2 Å². The highest BCUT2D eigenvalue weighted by molar-refractivity contribution is 7.92. The molecule has 1 atom stereocenters. The maximum atomic E-state index is 14.5. The van der Waals surface area contributed by atoms with Gasteiger partial charge in [-0.15, -0.1) is 0 Å². The summed E-state index contributed by atoms with van der Waals surface area (Å²) in [6.45, 7) is 0.997. The molecule has 0 aromatic heterocycles. The second kappa shape index (κ2) is 15.7. The summed E-state index contributed by atoms with van der Waals surface area (Å²) < 4.78 is 70.1. The van der Waals surface area contributed by atoms with Crippen LogP contribution in [0.4, 0.5) is 18.9 Å². The van der Waals surface area contributed by atoms with Crippen LogP contribution in [0.5, 0.6) is 0 Å². The number of carbonyl (C=O) groups excluding carboxylic acids is 2. The molecule has 0 aliphatic carbocycles. The van der Waals surface area contributed by atoms with Crippen molar-refractivity contribution in [1.82, 2.24) is 10.2 Å². The van der Waals surface area contributed by atoms with Crippen LogP contribution in [0.25, 0.3) is 0 Å². The predicted molar refractivity (Wildman–Crippen MR) is 177 cm³/mol. The van der Waals surface area contributed by atoms with Crippen molar-refractivity contribution < 1.29 is 31.2 Å². The maximum Gasteiger partial charge on any atom is 0.416 e. The summed E-state index contributed by atoms with van der Waals surface area (Å²) in [5, 5.41) is 2.79. The van der Waals surface area contributed by atoms with Gasteiger partial charge in [-0.2, -0.15) is 13.2 Å². The van der Waals surface area contributed by atoms with Crippen LogP contribution in [0.1, 0.15) is 30.0 Å². The van der Waals surface area contributed by atoms with E-state index in [2.05, 4.69) is 5.32 Å². The zero-order valence-electron chi connectivity index (χ0n) is 25.3. The predicted octanol–water partition coefficient (Wildman–Crippen LogP) is 7.37. The molecule has 2 amide bonds. The summed E-state index contributed by atoms with van der Waals surface area (Å²) in [7, 11) is -4.66. The number of nitrogens with one attached hydrogen (secondary N) is 1. The first-order chi connectivity index (χ1) is 22.3. The molecule has 0 saturated heterocycles. The van der Waals surface area contributed by atoms with Crippen LogP contribution in [0.3, 0.4) is 0 Å². The van der Waals surface area contributed by atoms with Crippen molar-refractivity contribution in [3.8, 4) is 0 Å². The Bertz CT molecular complexity index is 1790. The normalized spacial score (nSPS) is 12.3. The van der Waals surface area contributed by atoms with Crippen molar-refractivity contribution in [2.24, 2.45) is 0 Å². The van der Waals surface area contributed by atoms with Crippen molar-refractivity contribution >= 4 is 50.7 Å². The van der Waals surface area contributed by atoms with Crippen LogP contribution in [0, 0.1) is 0 Å². The third-order valence-electron chi connectivity index (χ3n) is 7.27. The van der Waals surface area contributed by atoms with Crippen molar-refractivity contribution in [2.45, 2.75) is 43.4 Å². The Labute approximate surface area is 282 Å². The minimum atomic E-state index is -4.83. The lowest BCUT2D eigenvalue weighted by Crippen LogP contribution is -2.53. The van der Waals surface area contributed by atoms with E-state index in [1.54, 1.807) is 60.7 Å². The average Bonchev–Trinajstić information content (AvgIpc) is 3.05. The van der Waals surface area contributed by atoms with Gasteiger partial charge in [0.1, 0.15) is 12.6 Å². The fraction of sp³-hybridized carbons (Fsp3) is 0.235. The molecule has 4 aromatic rings. The largest absolute Gasteiger partial charge is 0.416 e. The van der Waals surface area contributed by atoms with Crippen molar-refractivity contribution in [3.63, 3.8) is 0 Å². The number of halogens is 5. The molecule has 7 nitrogen and oxygen atoms in total. The summed E-state index contributed by atoms with van der Waals surface area (Å²) in [6, 6.07) is 23.6. The number of benzene rings is 4. The van der Waals surface area contributed by atoms with Gasteiger partial charge >= 0.3 is 6.18 Å². The van der Waals surface area contributed by atoms with Gasteiger partial charge in [0, 0.05) is 24.5 Å². The molecular weight excluding hydrogens is 674 g/mol. The fourth-order valence-electron chi connectivity index (χ4n) is 4.84. The highest BCUT2D eigenvalue weighted by atomic mass is 35.5. The maximum absolute atomic E-state index is 14.5. The lowest BCUT2D eigenvalue weighted by molar-refractivity contribution is -0.140. The van der Waals surface area contributed by atoms with Gasteiger partial charge in [-0.05, 0) is 53.9 Å². The van der Waals surface area contributed by atoms with Crippen molar-refractivity contribution in [2.75, 3.05) is 17.4 Å². The summed E-state index contributed by atoms with van der Waals surface area (Å²) >= 11 is 12.8. The number of sulfonamides is 1. The molecule has 0 heterocycles. The minimum absolute atomic E-state index is 0.0579. The zero-order valence-corrected chi connectivity index (χ0v) is 27.6.